The summed E-state index contributed by atoms with van der Waals surface area (Å²) in [6.45, 7) is 2.31. The Morgan fingerprint density at radius 2 is 2.00 bits per heavy atom. The topological polar surface area (TPSA) is 50.7 Å². The zero-order valence-corrected chi connectivity index (χ0v) is 12.4. The summed E-state index contributed by atoms with van der Waals surface area (Å²) in [7, 11) is 0. The molecule has 2 aromatic rings. The maximum atomic E-state index is 6.23. The van der Waals surface area contributed by atoms with Crippen LogP contribution in [0.2, 0.25) is 0 Å². The van der Waals surface area contributed by atoms with E-state index in [2.05, 4.69) is 27.2 Å². The molecule has 2 heterocycles. The van der Waals surface area contributed by atoms with Gasteiger partial charge in [0.2, 0.25) is 0 Å². The zero-order chi connectivity index (χ0) is 14.0. The summed E-state index contributed by atoms with van der Waals surface area (Å²) in [5, 5.41) is 3.55. The van der Waals surface area contributed by atoms with Gasteiger partial charge in [-0.15, -0.1) is 11.6 Å². The number of hydrogen-bond donors (Lipinski definition) is 1. The van der Waals surface area contributed by atoms with Crippen molar-refractivity contribution in [2.45, 2.75) is 38.1 Å². The molecule has 0 amide bonds. The normalized spacial score (nSPS) is 26.6. The van der Waals surface area contributed by atoms with E-state index in [1.54, 1.807) is 12.4 Å². The number of alkyl halides is 1. The van der Waals surface area contributed by atoms with Crippen molar-refractivity contribution in [3.63, 3.8) is 0 Å². The van der Waals surface area contributed by atoms with Crippen molar-refractivity contribution in [2.24, 2.45) is 5.92 Å². The van der Waals surface area contributed by atoms with Crippen LogP contribution in [0.5, 0.6) is 0 Å². The summed E-state index contributed by atoms with van der Waals surface area (Å²) in [4.78, 5) is 13.0. The number of rotatable bonds is 3. The fraction of sp³-hybridized carbons (Fsp3) is 0.533. The van der Waals surface area contributed by atoms with Crippen LogP contribution >= 0.6 is 11.6 Å². The fourth-order valence-corrected chi connectivity index (χ4v) is 3.14. The molecule has 5 heteroatoms. The van der Waals surface area contributed by atoms with E-state index in [4.69, 9.17) is 11.6 Å². The highest BCUT2D eigenvalue weighted by atomic mass is 35.5. The van der Waals surface area contributed by atoms with Gasteiger partial charge in [-0.25, -0.2) is 9.97 Å². The van der Waals surface area contributed by atoms with Gasteiger partial charge < -0.3 is 5.32 Å². The van der Waals surface area contributed by atoms with Crippen LogP contribution in [0.15, 0.2) is 24.5 Å². The number of anilines is 1. The molecule has 106 valence electrons. The highest BCUT2D eigenvalue weighted by molar-refractivity contribution is 6.18. The van der Waals surface area contributed by atoms with Gasteiger partial charge >= 0.3 is 0 Å². The van der Waals surface area contributed by atoms with Gasteiger partial charge in [-0.2, -0.15) is 0 Å². The van der Waals surface area contributed by atoms with E-state index in [1.807, 2.05) is 12.1 Å². The van der Waals surface area contributed by atoms with Crippen LogP contribution in [0.25, 0.3) is 11.2 Å². The van der Waals surface area contributed by atoms with Crippen LogP contribution in [0.3, 0.4) is 0 Å². The van der Waals surface area contributed by atoms with Gasteiger partial charge in [0.05, 0.1) is 5.54 Å². The van der Waals surface area contributed by atoms with Gasteiger partial charge in [0, 0.05) is 18.3 Å². The number of nitrogens with zero attached hydrogens (tertiary/aromatic N) is 3. The maximum absolute atomic E-state index is 6.23. The van der Waals surface area contributed by atoms with E-state index in [1.165, 1.54) is 12.8 Å². The van der Waals surface area contributed by atoms with Crippen LogP contribution in [-0.2, 0) is 0 Å². The maximum Gasteiger partial charge on any atom is 0.180 e. The molecule has 1 aliphatic rings. The molecular formula is C15H19ClN4. The van der Waals surface area contributed by atoms with Crippen LogP contribution in [0.1, 0.15) is 32.6 Å². The molecule has 1 aliphatic carbocycles. The summed E-state index contributed by atoms with van der Waals surface area (Å²) < 4.78 is 0. The fourth-order valence-electron chi connectivity index (χ4n) is 2.80. The summed E-state index contributed by atoms with van der Waals surface area (Å²) in [6.07, 6.45) is 7.97. The predicted octanol–water partition coefficient (Wildman–Crippen LogP) is 3.62. The van der Waals surface area contributed by atoms with E-state index in [0.29, 0.717) is 11.5 Å². The summed E-state index contributed by atoms with van der Waals surface area (Å²) >= 11 is 6.23. The predicted molar refractivity (Wildman–Crippen MR) is 82.0 cm³/mol. The molecule has 0 aromatic carbocycles. The molecule has 0 spiro atoms. The summed E-state index contributed by atoms with van der Waals surface area (Å²) in [5.74, 6) is 2.25. The van der Waals surface area contributed by atoms with Gasteiger partial charge in [-0.05, 0) is 43.7 Å². The molecule has 1 N–H and O–H groups in total. The van der Waals surface area contributed by atoms with E-state index in [9.17, 15) is 0 Å². The number of halogens is 1. The second kappa shape index (κ2) is 5.52. The lowest BCUT2D eigenvalue weighted by molar-refractivity contribution is 0.286. The highest BCUT2D eigenvalue weighted by Gasteiger charge is 2.33. The van der Waals surface area contributed by atoms with Crippen LogP contribution in [-0.4, -0.2) is 26.4 Å². The zero-order valence-electron chi connectivity index (χ0n) is 11.6. The average molecular weight is 291 g/mol. The van der Waals surface area contributed by atoms with Crippen LogP contribution in [0.4, 0.5) is 5.82 Å². The molecule has 0 aliphatic heterocycles. The van der Waals surface area contributed by atoms with E-state index in [0.717, 1.165) is 30.1 Å². The Bertz CT molecular complexity index is 593. The van der Waals surface area contributed by atoms with Crippen molar-refractivity contribution >= 4 is 28.6 Å². The third-order valence-electron chi connectivity index (χ3n) is 4.21. The van der Waals surface area contributed by atoms with E-state index >= 15 is 0 Å². The number of hydrogen-bond acceptors (Lipinski definition) is 4. The Balaban J connectivity index is 1.83. The summed E-state index contributed by atoms with van der Waals surface area (Å²) in [6, 6.07) is 3.91. The third kappa shape index (κ3) is 2.70. The van der Waals surface area contributed by atoms with Gasteiger partial charge in [0.15, 0.2) is 5.65 Å². The average Bonchev–Trinajstić information content (AvgIpc) is 2.50. The van der Waals surface area contributed by atoms with Crippen molar-refractivity contribution < 1.29 is 0 Å². The minimum absolute atomic E-state index is 0.0308. The first kappa shape index (κ1) is 13.6. The Kier molecular flexibility index (Phi) is 3.74. The second-order valence-corrected chi connectivity index (χ2v) is 6.08. The molecule has 1 fully saturated rings. The number of aromatic nitrogens is 3. The first-order valence-electron chi connectivity index (χ1n) is 7.13. The standard InChI is InChI=1S/C15H19ClN4/c1-11-4-6-15(10-16,7-5-11)20-13-3-2-12-14(19-13)18-9-8-17-12/h2-3,8-9,11H,4-7,10H2,1H3,(H,18,19,20). The highest BCUT2D eigenvalue weighted by Crippen LogP contribution is 2.35. The van der Waals surface area contributed by atoms with Crippen molar-refractivity contribution in [3.8, 4) is 0 Å². The quantitative estimate of drug-likeness (QED) is 0.877. The molecule has 0 atom stereocenters. The first-order chi connectivity index (χ1) is 9.71. The molecule has 0 bridgehead atoms. The number of fused-ring (bicyclic) bond motifs is 1. The van der Waals surface area contributed by atoms with Gasteiger partial charge in [0.1, 0.15) is 11.3 Å². The van der Waals surface area contributed by atoms with Crippen molar-refractivity contribution in [2.75, 3.05) is 11.2 Å². The molecule has 0 saturated heterocycles. The first-order valence-corrected chi connectivity index (χ1v) is 7.66. The Morgan fingerprint density at radius 1 is 1.25 bits per heavy atom. The molecule has 2 aromatic heterocycles. The molecular weight excluding hydrogens is 272 g/mol. The largest absolute Gasteiger partial charge is 0.363 e. The van der Waals surface area contributed by atoms with Gasteiger partial charge in [0.25, 0.3) is 0 Å². The van der Waals surface area contributed by atoms with E-state index < -0.39 is 0 Å². The Labute approximate surface area is 124 Å². The van der Waals surface area contributed by atoms with Crippen molar-refractivity contribution in [1.29, 1.82) is 0 Å². The lowest BCUT2D eigenvalue weighted by Crippen LogP contribution is -2.43. The van der Waals surface area contributed by atoms with Crippen molar-refractivity contribution in [1.82, 2.24) is 15.0 Å². The SMILES string of the molecule is CC1CCC(CCl)(Nc2ccc3nccnc3n2)CC1. The minimum atomic E-state index is -0.0308. The lowest BCUT2D eigenvalue weighted by Gasteiger charge is -2.39. The lowest BCUT2D eigenvalue weighted by atomic mass is 9.78. The third-order valence-corrected chi connectivity index (χ3v) is 4.72. The Morgan fingerprint density at radius 3 is 2.75 bits per heavy atom. The smallest absolute Gasteiger partial charge is 0.180 e. The van der Waals surface area contributed by atoms with Crippen LogP contribution in [0, 0.1) is 5.92 Å². The molecule has 4 nitrogen and oxygen atoms in total. The van der Waals surface area contributed by atoms with Gasteiger partial charge in [-0.1, -0.05) is 6.92 Å². The monoisotopic (exact) mass is 290 g/mol. The second-order valence-electron chi connectivity index (χ2n) is 5.82. The number of nitrogens with one attached hydrogen (secondary N) is 1. The molecule has 20 heavy (non-hydrogen) atoms. The van der Waals surface area contributed by atoms with Crippen LogP contribution < -0.4 is 5.32 Å². The van der Waals surface area contributed by atoms with Crippen molar-refractivity contribution in [3.05, 3.63) is 24.5 Å². The number of pyridine rings is 1. The minimum Gasteiger partial charge on any atom is -0.363 e. The molecule has 1 saturated carbocycles. The van der Waals surface area contributed by atoms with Gasteiger partial charge in [-0.3, -0.25) is 4.98 Å². The Hall–Kier alpha value is -1.42. The summed E-state index contributed by atoms with van der Waals surface area (Å²) in [5.41, 5.74) is 1.46. The van der Waals surface area contributed by atoms with E-state index in [-0.39, 0.29) is 5.54 Å². The molecule has 3 rings (SSSR count). The molecule has 0 radical (unpaired) electrons. The molecule has 0 unspecified atom stereocenters.